The third kappa shape index (κ3) is 4.01. The zero-order chi connectivity index (χ0) is 19.3. The molecule has 0 radical (unpaired) electrons. The molecule has 3 aromatic carbocycles. The van der Waals surface area contributed by atoms with E-state index in [4.69, 9.17) is 28.0 Å². The molecule has 0 saturated carbocycles. The van der Waals surface area contributed by atoms with Crippen molar-refractivity contribution in [3.05, 3.63) is 112 Å². The molecule has 4 rings (SSSR count). The first-order valence-electron chi connectivity index (χ1n) is 8.76. The Bertz CT molecular complexity index is 1140. The summed E-state index contributed by atoms with van der Waals surface area (Å²) in [6, 6.07) is 25.2. The molecule has 0 bridgehead atoms. The number of hydrogen-bond acceptors (Lipinski definition) is 3. The van der Waals surface area contributed by atoms with Crippen molar-refractivity contribution in [2.75, 3.05) is 0 Å². The topological polar surface area (TPSA) is 34.5 Å². The Hall–Kier alpha value is -2.88. The highest BCUT2D eigenvalue weighted by Gasteiger charge is 2.15. The van der Waals surface area contributed by atoms with Gasteiger partial charge in [-0.3, -0.25) is 4.98 Å². The number of fused-ring (bicyclic) bond motifs is 1. The molecule has 0 atom stereocenters. The first kappa shape index (κ1) is 18.5. The molecule has 1 heterocycles. The van der Waals surface area contributed by atoms with Gasteiger partial charge < -0.3 is 4.84 Å². The molecule has 0 fully saturated rings. The van der Waals surface area contributed by atoms with Gasteiger partial charge >= 0.3 is 0 Å². The summed E-state index contributed by atoms with van der Waals surface area (Å²) in [7, 11) is 0. The number of rotatable bonds is 5. The van der Waals surface area contributed by atoms with Crippen molar-refractivity contribution in [1.82, 2.24) is 4.98 Å². The first-order chi connectivity index (χ1) is 13.7. The number of hydrogen-bond donors (Lipinski definition) is 0. The van der Waals surface area contributed by atoms with E-state index in [9.17, 15) is 0 Å². The highest BCUT2D eigenvalue weighted by Crippen LogP contribution is 2.28. The number of nitrogens with zero attached hydrogens (tertiary/aromatic N) is 2. The Morgan fingerprint density at radius 2 is 1.68 bits per heavy atom. The summed E-state index contributed by atoms with van der Waals surface area (Å²) in [5.41, 5.74) is 4.02. The molecular formula is C23H16Cl2N2O. The molecule has 138 valence electrons. The van der Waals surface area contributed by atoms with Crippen LogP contribution in [0.3, 0.4) is 0 Å². The van der Waals surface area contributed by atoms with Crippen molar-refractivity contribution < 1.29 is 4.84 Å². The minimum Gasteiger partial charge on any atom is -0.390 e. The molecule has 1 aromatic heterocycles. The predicted molar refractivity (Wildman–Crippen MR) is 115 cm³/mol. The zero-order valence-electron chi connectivity index (χ0n) is 14.8. The van der Waals surface area contributed by atoms with Crippen LogP contribution in [0.1, 0.15) is 16.7 Å². The Morgan fingerprint density at radius 3 is 2.54 bits per heavy atom. The number of halogens is 2. The number of benzene rings is 3. The summed E-state index contributed by atoms with van der Waals surface area (Å²) in [6.07, 6.45) is 1.77. The summed E-state index contributed by atoms with van der Waals surface area (Å²) in [6.45, 7) is 0.351. The third-order valence-corrected chi connectivity index (χ3v) is 5.12. The van der Waals surface area contributed by atoms with Crippen molar-refractivity contribution in [1.29, 1.82) is 0 Å². The molecule has 3 nitrogen and oxygen atoms in total. The van der Waals surface area contributed by atoms with Gasteiger partial charge in [-0.15, -0.1) is 0 Å². The van der Waals surface area contributed by atoms with Crippen LogP contribution in [-0.4, -0.2) is 10.7 Å². The standard InChI is InChI=1S/C23H16Cl2N2O/c24-20-11-6-10-19(22(20)25)23(27-28-15-16-7-2-1-3-8-16)18-13-17-9-4-5-12-21(17)26-14-18/h1-14H,15H2. The molecule has 0 aliphatic rings. The van der Waals surface area contributed by atoms with Crippen molar-refractivity contribution in [3.8, 4) is 0 Å². The van der Waals surface area contributed by atoms with Gasteiger partial charge in [-0.2, -0.15) is 0 Å². The van der Waals surface area contributed by atoms with Crippen molar-refractivity contribution in [2.45, 2.75) is 6.61 Å². The minimum atomic E-state index is 0.351. The maximum atomic E-state index is 6.46. The summed E-state index contributed by atoms with van der Waals surface area (Å²) in [5, 5.41) is 6.30. The zero-order valence-corrected chi connectivity index (χ0v) is 16.4. The quantitative estimate of drug-likeness (QED) is 0.279. The lowest BCUT2D eigenvalue weighted by Crippen LogP contribution is -2.06. The highest BCUT2D eigenvalue weighted by molar-refractivity contribution is 6.44. The molecule has 5 heteroatoms. The van der Waals surface area contributed by atoms with Gasteiger partial charge in [0.15, 0.2) is 0 Å². The Morgan fingerprint density at radius 1 is 0.893 bits per heavy atom. The Balaban J connectivity index is 1.75. The van der Waals surface area contributed by atoms with Crippen LogP contribution in [0.25, 0.3) is 10.9 Å². The monoisotopic (exact) mass is 406 g/mol. The van der Waals surface area contributed by atoms with Crippen LogP contribution < -0.4 is 0 Å². The summed E-state index contributed by atoms with van der Waals surface area (Å²) in [4.78, 5) is 10.2. The van der Waals surface area contributed by atoms with E-state index in [0.717, 1.165) is 22.0 Å². The normalized spacial score (nSPS) is 11.6. The third-order valence-electron chi connectivity index (χ3n) is 4.30. The average molecular weight is 407 g/mol. The molecular weight excluding hydrogens is 391 g/mol. The van der Waals surface area contributed by atoms with Gasteiger partial charge in [-0.25, -0.2) is 0 Å². The molecule has 0 aliphatic carbocycles. The molecule has 0 aliphatic heterocycles. The molecule has 0 spiro atoms. The molecule has 0 unspecified atom stereocenters. The molecule has 0 saturated heterocycles. The highest BCUT2D eigenvalue weighted by atomic mass is 35.5. The summed E-state index contributed by atoms with van der Waals surface area (Å²) in [5.74, 6) is 0. The number of oxime groups is 1. The fraction of sp³-hybridized carbons (Fsp3) is 0.0435. The second kappa shape index (κ2) is 8.42. The second-order valence-electron chi connectivity index (χ2n) is 6.22. The number of para-hydroxylation sites is 1. The van der Waals surface area contributed by atoms with Crippen LogP contribution in [0.4, 0.5) is 0 Å². The van der Waals surface area contributed by atoms with Crippen LogP contribution in [0.2, 0.25) is 10.0 Å². The van der Waals surface area contributed by atoms with Gasteiger partial charge in [0.25, 0.3) is 0 Å². The lowest BCUT2D eigenvalue weighted by molar-refractivity contribution is 0.131. The van der Waals surface area contributed by atoms with Gasteiger partial charge in [0.2, 0.25) is 0 Å². The van der Waals surface area contributed by atoms with Gasteiger partial charge in [-0.1, -0.05) is 89.0 Å². The van der Waals surface area contributed by atoms with Gasteiger partial charge in [0.1, 0.15) is 12.3 Å². The maximum absolute atomic E-state index is 6.46. The smallest absolute Gasteiger partial charge is 0.142 e. The van der Waals surface area contributed by atoms with Gasteiger partial charge in [0.05, 0.1) is 15.6 Å². The first-order valence-corrected chi connectivity index (χ1v) is 9.51. The molecule has 28 heavy (non-hydrogen) atoms. The Labute approximate surface area is 173 Å². The predicted octanol–water partition coefficient (Wildman–Crippen LogP) is 6.51. The van der Waals surface area contributed by atoms with E-state index in [1.165, 1.54) is 0 Å². The van der Waals surface area contributed by atoms with Crippen LogP contribution in [0, 0.1) is 0 Å². The molecule has 4 aromatic rings. The van der Waals surface area contributed by atoms with E-state index >= 15 is 0 Å². The fourth-order valence-corrected chi connectivity index (χ4v) is 3.28. The van der Waals surface area contributed by atoms with Crippen molar-refractivity contribution in [2.24, 2.45) is 5.16 Å². The Kier molecular flexibility index (Phi) is 5.56. The van der Waals surface area contributed by atoms with Gasteiger partial charge in [-0.05, 0) is 23.8 Å². The fourth-order valence-electron chi connectivity index (χ4n) is 2.89. The minimum absolute atomic E-state index is 0.351. The lowest BCUT2D eigenvalue weighted by atomic mass is 10.0. The number of pyridine rings is 1. The number of aromatic nitrogens is 1. The maximum Gasteiger partial charge on any atom is 0.142 e. The largest absolute Gasteiger partial charge is 0.390 e. The van der Waals surface area contributed by atoms with Crippen LogP contribution in [-0.2, 0) is 11.4 Å². The van der Waals surface area contributed by atoms with Gasteiger partial charge in [0, 0.05) is 22.7 Å². The second-order valence-corrected chi connectivity index (χ2v) is 7.00. The van der Waals surface area contributed by atoms with Crippen molar-refractivity contribution in [3.63, 3.8) is 0 Å². The van der Waals surface area contributed by atoms with Crippen LogP contribution >= 0.6 is 23.2 Å². The van der Waals surface area contributed by atoms with Crippen molar-refractivity contribution >= 4 is 39.8 Å². The summed E-state index contributed by atoms with van der Waals surface area (Å²) >= 11 is 12.7. The van der Waals surface area contributed by atoms with E-state index in [1.54, 1.807) is 12.3 Å². The lowest BCUT2D eigenvalue weighted by Gasteiger charge is -2.11. The van der Waals surface area contributed by atoms with Crippen LogP contribution in [0.5, 0.6) is 0 Å². The average Bonchev–Trinajstić information content (AvgIpc) is 2.74. The van der Waals surface area contributed by atoms with E-state index < -0.39 is 0 Å². The SMILES string of the molecule is Clc1cccc(C(=NOCc2ccccc2)c2cnc3ccccc3c2)c1Cl. The van der Waals surface area contributed by atoms with Crippen LogP contribution in [0.15, 0.2) is 90.2 Å². The summed E-state index contributed by atoms with van der Waals surface area (Å²) < 4.78 is 0. The van der Waals surface area contributed by atoms with E-state index in [1.807, 2.05) is 72.8 Å². The molecule has 0 amide bonds. The molecule has 0 N–H and O–H groups in total. The van der Waals surface area contributed by atoms with E-state index in [0.29, 0.717) is 27.9 Å². The van der Waals surface area contributed by atoms with E-state index in [-0.39, 0.29) is 0 Å². The van der Waals surface area contributed by atoms with E-state index in [2.05, 4.69) is 10.1 Å².